The Morgan fingerprint density at radius 3 is 2.48 bits per heavy atom. The van der Waals surface area contributed by atoms with Crippen LogP contribution < -0.4 is 5.73 Å². The number of anilines is 1. The zero-order valence-electron chi connectivity index (χ0n) is 11.7. The van der Waals surface area contributed by atoms with Gasteiger partial charge in [-0.2, -0.15) is 0 Å². The fraction of sp³-hybridized carbons (Fsp3) is 0.0526. The first-order valence-corrected chi connectivity index (χ1v) is 7.13. The average molecular weight is 272 g/mol. The third-order valence-corrected chi connectivity index (χ3v) is 4.04. The van der Waals surface area contributed by atoms with E-state index in [4.69, 9.17) is 5.73 Å². The number of hydrogen-bond donors (Lipinski definition) is 1. The van der Waals surface area contributed by atoms with E-state index in [9.17, 15) is 0 Å². The molecule has 4 rings (SSSR count). The fourth-order valence-corrected chi connectivity index (χ4v) is 3.04. The van der Waals surface area contributed by atoms with Gasteiger partial charge in [0.05, 0.1) is 11.2 Å². The molecule has 0 aliphatic carbocycles. The topological polar surface area (TPSA) is 30.9 Å². The molecule has 2 N–H and O–H groups in total. The van der Waals surface area contributed by atoms with Crippen molar-refractivity contribution >= 4 is 27.4 Å². The van der Waals surface area contributed by atoms with E-state index >= 15 is 0 Å². The minimum Gasteiger partial charge on any atom is -0.397 e. The Hall–Kier alpha value is -2.74. The summed E-state index contributed by atoms with van der Waals surface area (Å²) in [5.41, 5.74) is 9.41. The van der Waals surface area contributed by atoms with Crippen LogP contribution in [0.4, 0.5) is 5.69 Å². The Morgan fingerprint density at radius 2 is 1.52 bits per heavy atom. The van der Waals surface area contributed by atoms with E-state index in [1.54, 1.807) is 0 Å². The number of benzene rings is 3. The molecule has 1 aromatic heterocycles. The molecule has 4 aromatic rings. The molecule has 0 amide bonds. The number of hydrogen-bond acceptors (Lipinski definition) is 1. The quantitative estimate of drug-likeness (QED) is 0.538. The highest BCUT2D eigenvalue weighted by Gasteiger charge is 2.06. The average Bonchev–Trinajstić information content (AvgIpc) is 2.92. The van der Waals surface area contributed by atoms with Gasteiger partial charge in [-0.05, 0) is 28.5 Å². The number of nitrogens with zero attached hydrogens (tertiary/aromatic N) is 1. The third kappa shape index (κ3) is 1.96. The monoisotopic (exact) mass is 272 g/mol. The molecule has 0 bridgehead atoms. The van der Waals surface area contributed by atoms with E-state index in [0.29, 0.717) is 0 Å². The Bertz CT molecular complexity index is 929. The van der Waals surface area contributed by atoms with E-state index in [2.05, 4.69) is 65.4 Å². The van der Waals surface area contributed by atoms with E-state index in [1.165, 1.54) is 21.7 Å². The highest BCUT2D eigenvalue weighted by Crippen LogP contribution is 2.25. The van der Waals surface area contributed by atoms with Gasteiger partial charge in [-0.1, -0.05) is 54.6 Å². The van der Waals surface area contributed by atoms with Crippen molar-refractivity contribution in [2.75, 3.05) is 5.73 Å². The summed E-state index contributed by atoms with van der Waals surface area (Å²) in [4.78, 5) is 0. The lowest BCUT2D eigenvalue weighted by Crippen LogP contribution is -2.00. The van der Waals surface area contributed by atoms with Gasteiger partial charge in [0.15, 0.2) is 0 Å². The largest absolute Gasteiger partial charge is 0.397 e. The van der Waals surface area contributed by atoms with Crippen LogP contribution in [-0.2, 0) is 6.54 Å². The lowest BCUT2D eigenvalue weighted by atomic mass is 10.0. The SMILES string of the molecule is Nc1cccc2ccn(Cc3cccc4ccccc34)c12. The molecule has 0 spiro atoms. The van der Waals surface area contributed by atoms with Crippen molar-refractivity contribution in [1.82, 2.24) is 4.57 Å². The molecule has 2 heteroatoms. The van der Waals surface area contributed by atoms with Crippen LogP contribution in [0, 0.1) is 0 Å². The first kappa shape index (κ1) is 12.0. The molecule has 0 fully saturated rings. The molecule has 0 aliphatic rings. The van der Waals surface area contributed by atoms with Crippen molar-refractivity contribution in [2.24, 2.45) is 0 Å². The number of fused-ring (bicyclic) bond motifs is 2. The fourth-order valence-electron chi connectivity index (χ4n) is 3.04. The first-order chi connectivity index (χ1) is 10.3. The maximum atomic E-state index is 6.15. The van der Waals surface area contributed by atoms with E-state index in [1.807, 2.05) is 12.1 Å². The van der Waals surface area contributed by atoms with Crippen LogP contribution >= 0.6 is 0 Å². The molecule has 0 saturated heterocycles. The predicted molar refractivity (Wildman–Crippen MR) is 89.4 cm³/mol. The first-order valence-electron chi connectivity index (χ1n) is 7.13. The number of nitrogen functional groups attached to an aromatic ring is 1. The standard InChI is InChI=1S/C19H16N2/c20-18-10-4-7-15-11-12-21(19(15)18)13-16-8-3-6-14-5-1-2-9-17(14)16/h1-12H,13,20H2. The summed E-state index contributed by atoms with van der Waals surface area (Å²) >= 11 is 0. The number of aromatic nitrogens is 1. The number of para-hydroxylation sites is 1. The van der Waals surface area contributed by atoms with Crippen LogP contribution in [-0.4, -0.2) is 4.57 Å². The predicted octanol–water partition coefficient (Wildman–Crippen LogP) is 4.43. The normalized spacial score (nSPS) is 11.2. The van der Waals surface area contributed by atoms with Gasteiger partial charge < -0.3 is 10.3 Å². The molecule has 102 valence electrons. The van der Waals surface area contributed by atoms with Crippen molar-refractivity contribution in [2.45, 2.75) is 6.54 Å². The number of nitrogens with two attached hydrogens (primary N) is 1. The van der Waals surface area contributed by atoms with Gasteiger partial charge in [0.2, 0.25) is 0 Å². The van der Waals surface area contributed by atoms with Gasteiger partial charge in [-0.15, -0.1) is 0 Å². The van der Waals surface area contributed by atoms with Crippen molar-refractivity contribution in [3.63, 3.8) is 0 Å². The molecule has 0 atom stereocenters. The second kappa shape index (κ2) is 4.67. The van der Waals surface area contributed by atoms with E-state index in [-0.39, 0.29) is 0 Å². The number of rotatable bonds is 2. The maximum Gasteiger partial charge on any atom is 0.0716 e. The summed E-state index contributed by atoms with van der Waals surface area (Å²) in [5, 5.41) is 3.77. The highest BCUT2D eigenvalue weighted by molar-refractivity contribution is 5.91. The summed E-state index contributed by atoms with van der Waals surface area (Å²) in [5.74, 6) is 0. The van der Waals surface area contributed by atoms with Crippen LogP contribution in [0.25, 0.3) is 21.7 Å². The summed E-state index contributed by atoms with van der Waals surface area (Å²) in [6.07, 6.45) is 2.11. The molecular weight excluding hydrogens is 256 g/mol. The Balaban J connectivity index is 1.87. The molecule has 3 aromatic carbocycles. The molecule has 1 heterocycles. The second-order valence-corrected chi connectivity index (χ2v) is 5.37. The van der Waals surface area contributed by atoms with E-state index in [0.717, 1.165) is 17.7 Å². The van der Waals surface area contributed by atoms with Gasteiger partial charge in [0.1, 0.15) is 0 Å². The van der Waals surface area contributed by atoms with Gasteiger partial charge >= 0.3 is 0 Å². The van der Waals surface area contributed by atoms with Crippen LogP contribution in [0.2, 0.25) is 0 Å². The van der Waals surface area contributed by atoms with Crippen LogP contribution in [0.1, 0.15) is 5.56 Å². The third-order valence-electron chi connectivity index (χ3n) is 4.04. The van der Waals surface area contributed by atoms with Crippen LogP contribution in [0.5, 0.6) is 0 Å². The summed E-state index contributed by atoms with van der Waals surface area (Å²) in [6, 6.07) is 23.1. The van der Waals surface area contributed by atoms with Crippen LogP contribution in [0.15, 0.2) is 72.9 Å². The van der Waals surface area contributed by atoms with Crippen molar-refractivity contribution in [3.05, 3.63) is 78.5 Å². The molecule has 2 nitrogen and oxygen atoms in total. The van der Waals surface area contributed by atoms with Gasteiger partial charge in [0.25, 0.3) is 0 Å². The lowest BCUT2D eigenvalue weighted by molar-refractivity contribution is 0.844. The molecule has 0 radical (unpaired) electrons. The smallest absolute Gasteiger partial charge is 0.0716 e. The summed E-state index contributed by atoms with van der Waals surface area (Å²) in [7, 11) is 0. The molecular formula is C19H16N2. The summed E-state index contributed by atoms with van der Waals surface area (Å²) in [6.45, 7) is 0.832. The van der Waals surface area contributed by atoms with Crippen molar-refractivity contribution < 1.29 is 0 Å². The summed E-state index contributed by atoms with van der Waals surface area (Å²) < 4.78 is 2.23. The van der Waals surface area contributed by atoms with Gasteiger partial charge in [-0.25, -0.2) is 0 Å². The van der Waals surface area contributed by atoms with Crippen molar-refractivity contribution in [3.8, 4) is 0 Å². The lowest BCUT2D eigenvalue weighted by Gasteiger charge is -2.10. The molecule has 0 unspecified atom stereocenters. The Labute approximate surface area is 123 Å². The maximum absolute atomic E-state index is 6.15. The minimum atomic E-state index is 0.831. The molecule has 0 saturated carbocycles. The highest BCUT2D eigenvalue weighted by atomic mass is 15.0. The van der Waals surface area contributed by atoms with E-state index < -0.39 is 0 Å². The zero-order valence-corrected chi connectivity index (χ0v) is 11.7. The minimum absolute atomic E-state index is 0.831. The Kier molecular flexibility index (Phi) is 2.68. The Morgan fingerprint density at radius 1 is 0.762 bits per heavy atom. The molecule has 0 aliphatic heterocycles. The van der Waals surface area contributed by atoms with Crippen molar-refractivity contribution in [1.29, 1.82) is 0 Å². The second-order valence-electron chi connectivity index (χ2n) is 5.37. The molecule has 21 heavy (non-hydrogen) atoms. The van der Waals surface area contributed by atoms with Gasteiger partial charge in [-0.3, -0.25) is 0 Å². The van der Waals surface area contributed by atoms with Crippen LogP contribution in [0.3, 0.4) is 0 Å². The zero-order chi connectivity index (χ0) is 14.2. The van der Waals surface area contributed by atoms with Gasteiger partial charge in [0, 0.05) is 18.1 Å².